The van der Waals surface area contributed by atoms with Crippen molar-refractivity contribution in [1.82, 2.24) is 4.98 Å². The summed E-state index contributed by atoms with van der Waals surface area (Å²) in [6.45, 7) is 2.54. The Kier molecular flexibility index (Phi) is 3.20. The Hall–Kier alpha value is -1.16. The maximum absolute atomic E-state index is 5.76. The summed E-state index contributed by atoms with van der Waals surface area (Å²) in [5.74, 6) is 0.463. The average molecular weight is 264 g/mol. The molecule has 2 unspecified atom stereocenters. The summed E-state index contributed by atoms with van der Waals surface area (Å²) in [4.78, 5) is 4.47. The smallest absolute Gasteiger partial charge is 0.184 e. The minimum atomic E-state index is -0.306. The van der Waals surface area contributed by atoms with Crippen LogP contribution in [0.15, 0.2) is 30.3 Å². The van der Waals surface area contributed by atoms with E-state index < -0.39 is 0 Å². The molecule has 3 nitrogen and oxygen atoms in total. The highest BCUT2D eigenvalue weighted by molar-refractivity contribution is 6.18. The van der Waals surface area contributed by atoms with Crippen LogP contribution in [0.2, 0.25) is 0 Å². The maximum atomic E-state index is 5.76. The number of halogens is 1. The third-order valence-corrected chi connectivity index (χ3v) is 3.39. The van der Waals surface area contributed by atoms with Gasteiger partial charge >= 0.3 is 0 Å². The number of fused-ring (bicyclic) bond motifs is 1. The molecule has 4 heteroatoms. The van der Waals surface area contributed by atoms with Crippen LogP contribution in [0.25, 0.3) is 10.9 Å². The van der Waals surface area contributed by atoms with Gasteiger partial charge in [0.2, 0.25) is 0 Å². The highest BCUT2D eigenvalue weighted by Gasteiger charge is 2.26. The van der Waals surface area contributed by atoms with E-state index in [0.717, 1.165) is 22.2 Å². The van der Waals surface area contributed by atoms with Crippen LogP contribution < -0.4 is 0 Å². The van der Waals surface area contributed by atoms with Gasteiger partial charge in [-0.25, -0.2) is 0 Å². The Morgan fingerprint density at radius 2 is 2.22 bits per heavy atom. The summed E-state index contributed by atoms with van der Waals surface area (Å²) < 4.78 is 11.3. The number of hydrogen-bond donors (Lipinski definition) is 0. The van der Waals surface area contributed by atoms with E-state index in [2.05, 4.69) is 17.1 Å². The molecule has 2 aromatic rings. The summed E-state index contributed by atoms with van der Waals surface area (Å²) in [6, 6.07) is 10.1. The first-order valence-electron chi connectivity index (χ1n) is 5.96. The van der Waals surface area contributed by atoms with Gasteiger partial charge in [-0.3, -0.25) is 4.98 Å². The monoisotopic (exact) mass is 263 g/mol. The molecule has 2 heterocycles. The lowest BCUT2D eigenvalue weighted by molar-refractivity contribution is -0.0566. The van der Waals surface area contributed by atoms with Gasteiger partial charge in [-0.15, -0.1) is 11.6 Å². The third kappa shape index (κ3) is 2.21. The summed E-state index contributed by atoms with van der Waals surface area (Å²) in [6.07, 6.45) is -0.317. The molecule has 0 N–H and O–H groups in total. The van der Waals surface area contributed by atoms with Gasteiger partial charge < -0.3 is 9.47 Å². The van der Waals surface area contributed by atoms with E-state index >= 15 is 0 Å². The molecule has 1 aromatic carbocycles. The Bertz CT molecular complexity index is 573. The number of rotatable bonds is 2. The topological polar surface area (TPSA) is 31.4 Å². The Morgan fingerprint density at radius 3 is 3.00 bits per heavy atom. The van der Waals surface area contributed by atoms with Gasteiger partial charge in [0.1, 0.15) is 0 Å². The fourth-order valence-electron chi connectivity index (χ4n) is 2.10. The van der Waals surface area contributed by atoms with Gasteiger partial charge in [-0.1, -0.05) is 12.1 Å². The number of nitrogens with zero attached hydrogens (tertiary/aromatic N) is 1. The number of alkyl halides is 1. The van der Waals surface area contributed by atoms with Crippen molar-refractivity contribution in [2.45, 2.75) is 19.3 Å². The van der Waals surface area contributed by atoms with Crippen molar-refractivity contribution in [1.29, 1.82) is 0 Å². The molecule has 0 spiro atoms. The zero-order valence-electron chi connectivity index (χ0n) is 10.1. The molecule has 1 fully saturated rings. The Labute approximate surface area is 111 Å². The van der Waals surface area contributed by atoms with Crippen molar-refractivity contribution in [2.75, 3.05) is 12.5 Å². The van der Waals surface area contributed by atoms with Crippen LogP contribution in [-0.4, -0.2) is 23.6 Å². The molecule has 18 heavy (non-hydrogen) atoms. The fraction of sp³-hybridized carbons (Fsp3) is 0.357. The van der Waals surface area contributed by atoms with E-state index in [1.807, 2.05) is 25.1 Å². The molecule has 0 radical (unpaired) electrons. The van der Waals surface area contributed by atoms with Crippen molar-refractivity contribution >= 4 is 22.5 Å². The predicted molar refractivity (Wildman–Crippen MR) is 70.8 cm³/mol. The van der Waals surface area contributed by atoms with Crippen LogP contribution in [0, 0.1) is 6.92 Å². The molecule has 0 amide bonds. The maximum Gasteiger partial charge on any atom is 0.184 e. The van der Waals surface area contributed by atoms with Gasteiger partial charge in [0.15, 0.2) is 6.29 Å². The van der Waals surface area contributed by atoms with E-state index in [1.165, 1.54) is 0 Å². The number of aryl methyl sites for hydroxylation is 1. The molecule has 2 atom stereocenters. The third-order valence-electron chi connectivity index (χ3n) is 3.05. The Balaban J connectivity index is 1.92. The van der Waals surface area contributed by atoms with Crippen LogP contribution >= 0.6 is 11.6 Å². The number of benzene rings is 1. The summed E-state index contributed by atoms with van der Waals surface area (Å²) in [5, 5.41) is 1.10. The molecule has 0 aliphatic carbocycles. The second-order valence-electron chi connectivity index (χ2n) is 4.48. The molecule has 1 aliphatic heterocycles. The summed E-state index contributed by atoms with van der Waals surface area (Å²) in [7, 11) is 0. The first kappa shape index (κ1) is 11.9. The fourth-order valence-corrected chi connectivity index (χ4v) is 2.26. The van der Waals surface area contributed by atoms with E-state index in [1.54, 1.807) is 0 Å². The number of pyridine rings is 1. The molecule has 3 rings (SSSR count). The van der Waals surface area contributed by atoms with E-state index in [-0.39, 0.29) is 12.4 Å². The van der Waals surface area contributed by atoms with Gasteiger partial charge in [-0.2, -0.15) is 0 Å². The second-order valence-corrected chi connectivity index (χ2v) is 4.79. The number of ether oxygens (including phenoxy) is 2. The predicted octanol–water partition coefficient (Wildman–Crippen LogP) is 3.20. The van der Waals surface area contributed by atoms with Crippen molar-refractivity contribution < 1.29 is 9.47 Å². The zero-order chi connectivity index (χ0) is 12.5. The quantitative estimate of drug-likeness (QED) is 0.780. The van der Waals surface area contributed by atoms with Crippen molar-refractivity contribution in [3.05, 3.63) is 41.6 Å². The van der Waals surface area contributed by atoms with Crippen LogP contribution in [0.3, 0.4) is 0 Å². The Morgan fingerprint density at radius 1 is 1.33 bits per heavy atom. The van der Waals surface area contributed by atoms with Crippen molar-refractivity contribution in [3.8, 4) is 0 Å². The molecule has 1 saturated heterocycles. The van der Waals surface area contributed by atoms with Crippen molar-refractivity contribution in [2.24, 2.45) is 0 Å². The zero-order valence-corrected chi connectivity index (χ0v) is 10.9. The standard InChI is InChI=1S/C14H14ClNO2/c1-9-2-3-10-6-11(4-5-13(10)16-9)14-17-8-12(7-15)18-14/h2-6,12,14H,7-8H2,1H3. The molecule has 1 aliphatic rings. The minimum absolute atomic E-state index is 0.0106. The largest absolute Gasteiger partial charge is 0.346 e. The van der Waals surface area contributed by atoms with Crippen LogP contribution in [0.5, 0.6) is 0 Å². The molecular formula is C14H14ClNO2. The lowest BCUT2D eigenvalue weighted by Gasteiger charge is -2.11. The van der Waals surface area contributed by atoms with Crippen LogP contribution in [0.1, 0.15) is 17.5 Å². The normalized spacial score (nSPS) is 23.7. The van der Waals surface area contributed by atoms with Crippen LogP contribution in [0.4, 0.5) is 0 Å². The number of aromatic nitrogens is 1. The molecule has 0 saturated carbocycles. The lowest BCUT2D eigenvalue weighted by Crippen LogP contribution is -2.10. The van der Waals surface area contributed by atoms with Crippen molar-refractivity contribution in [3.63, 3.8) is 0 Å². The van der Waals surface area contributed by atoms with Gasteiger partial charge in [0.05, 0.1) is 24.1 Å². The highest BCUT2D eigenvalue weighted by atomic mass is 35.5. The first-order chi connectivity index (χ1) is 8.76. The van der Waals surface area contributed by atoms with E-state index in [9.17, 15) is 0 Å². The molecule has 94 valence electrons. The summed E-state index contributed by atoms with van der Waals surface area (Å²) >= 11 is 5.76. The molecular weight excluding hydrogens is 250 g/mol. The first-order valence-corrected chi connectivity index (χ1v) is 6.50. The molecule has 0 bridgehead atoms. The van der Waals surface area contributed by atoms with Gasteiger partial charge in [-0.05, 0) is 25.1 Å². The lowest BCUT2D eigenvalue weighted by atomic mass is 10.1. The number of hydrogen-bond acceptors (Lipinski definition) is 3. The van der Waals surface area contributed by atoms with E-state index in [4.69, 9.17) is 21.1 Å². The minimum Gasteiger partial charge on any atom is -0.346 e. The highest BCUT2D eigenvalue weighted by Crippen LogP contribution is 2.29. The SMILES string of the molecule is Cc1ccc2cc(C3OCC(CCl)O3)ccc2n1. The molecule has 1 aromatic heterocycles. The van der Waals surface area contributed by atoms with Gasteiger partial charge in [0, 0.05) is 16.6 Å². The average Bonchev–Trinajstić information content (AvgIpc) is 2.87. The van der Waals surface area contributed by atoms with Gasteiger partial charge in [0.25, 0.3) is 0 Å². The summed E-state index contributed by atoms with van der Waals surface area (Å²) in [5.41, 5.74) is 3.03. The van der Waals surface area contributed by atoms with E-state index in [0.29, 0.717) is 12.5 Å². The second kappa shape index (κ2) is 4.84. The van der Waals surface area contributed by atoms with Crippen LogP contribution in [-0.2, 0) is 9.47 Å².